The molecule has 2 aromatic rings. The van der Waals surface area contributed by atoms with Gasteiger partial charge in [-0.1, -0.05) is 7.43 Å². The first-order valence-corrected chi connectivity index (χ1v) is 10.4. The molecule has 0 saturated carbocycles. The lowest BCUT2D eigenvalue weighted by Crippen LogP contribution is -2.21. The maximum Gasteiger partial charge on any atom is 0.277 e. The van der Waals surface area contributed by atoms with Crippen LogP contribution in [0.15, 0.2) is 21.8 Å². The zero-order chi connectivity index (χ0) is 20.4. The van der Waals surface area contributed by atoms with E-state index >= 15 is 0 Å². The standard InChI is InChI=1S/C18H25N3O5S.CH4/c1-6-26-10-9-19-16-11(2)13(7-8-14(16)27(5,24)25)17(22)15-12(3)20-21(4)18(15)23;/h7-8,19-20H,6,9-10H2,1-5H3;1H4. The van der Waals surface area contributed by atoms with Crippen molar-refractivity contribution in [1.29, 1.82) is 0 Å². The number of carbonyl (C=O) groups is 1. The third-order valence-electron chi connectivity index (χ3n) is 4.28. The van der Waals surface area contributed by atoms with Gasteiger partial charge in [0.15, 0.2) is 9.84 Å². The molecule has 156 valence electrons. The zero-order valence-electron chi connectivity index (χ0n) is 16.2. The molecule has 0 unspecified atom stereocenters. The van der Waals surface area contributed by atoms with Gasteiger partial charge in [0.2, 0.25) is 5.78 Å². The topological polar surface area (TPSA) is 110 Å². The van der Waals surface area contributed by atoms with Crippen molar-refractivity contribution < 1.29 is 17.9 Å². The van der Waals surface area contributed by atoms with Crippen LogP contribution in [0.3, 0.4) is 0 Å². The van der Waals surface area contributed by atoms with Crippen LogP contribution in [0.1, 0.15) is 41.5 Å². The molecular formula is C19H29N3O5S. The van der Waals surface area contributed by atoms with Gasteiger partial charge >= 0.3 is 0 Å². The van der Waals surface area contributed by atoms with Gasteiger partial charge in [0.1, 0.15) is 5.56 Å². The van der Waals surface area contributed by atoms with E-state index in [1.807, 2.05) is 6.92 Å². The Morgan fingerprint density at radius 1 is 1.29 bits per heavy atom. The predicted octanol–water partition coefficient (Wildman–Crippen LogP) is 2.05. The smallest absolute Gasteiger partial charge is 0.277 e. The van der Waals surface area contributed by atoms with Crippen LogP contribution in [0.4, 0.5) is 5.69 Å². The molecule has 0 atom stereocenters. The summed E-state index contributed by atoms with van der Waals surface area (Å²) in [6.07, 6.45) is 1.11. The molecule has 2 N–H and O–H groups in total. The first-order valence-electron chi connectivity index (χ1n) is 8.55. The van der Waals surface area contributed by atoms with Gasteiger partial charge in [0.05, 0.1) is 17.2 Å². The molecular weight excluding hydrogens is 382 g/mol. The van der Waals surface area contributed by atoms with Gasteiger partial charge in [-0.15, -0.1) is 0 Å². The monoisotopic (exact) mass is 411 g/mol. The SMILES string of the molecule is C.CCOCCNc1c(S(C)(=O)=O)ccc(C(=O)c2c(C)[nH]n(C)c2=O)c1C. The number of hydrogen-bond acceptors (Lipinski definition) is 6. The second-order valence-corrected chi connectivity index (χ2v) is 8.30. The Kier molecular flexibility index (Phi) is 7.77. The van der Waals surface area contributed by atoms with Gasteiger partial charge in [-0.25, -0.2) is 8.42 Å². The fourth-order valence-electron chi connectivity index (χ4n) is 2.94. The van der Waals surface area contributed by atoms with Gasteiger partial charge in [0.25, 0.3) is 5.56 Å². The Labute approximate surface area is 165 Å². The van der Waals surface area contributed by atoms with Crippen molar-refractivity contribution in [3.8, 4) is 0 Å². The maximum atomic E-state index is 13.0. The zero-order valence-corrected chi connectivity index (χ0v) is 17.0. The lowest BCUT2D eigenvalue weighted by atomic mass is 9.98. The molecule has 0 saturated heterocycles. The first kappa shape index (κ1) is 23.6. The predicted molar refractivity (Wildman–Crippen MR) is 110 cm³/mol. The van der Waals surface area contributed by atoms with Crippen molar-refractivity contribution in [2.75, 3.05) is 31.3 Å². The summed E-state index contributed by atoms with van der Waals surface area (Å²) in [6, 6.07) is 2.85. The van der Waals surface area contributed by atoms with E-state index in [4.69, 9.17) is 4.74 Å². The Bertz CT molecular complexity index is 1020. The largest absolute Gasteiger partial charge is 0.381 e. The van der Waals surface area contributed by atoms with Crippen LogP contribution in [0.5, 0.6) is 0 Å². The summed E-state index contributed by atoms with van der Waals surface area (Å²) in [5.74, 6) is -0.445. The maximum absolute atomic E-state index is 13.0. The molecule has 8 nitrogen and oxygen atoms in total. The van der Waals surface area contributed by atoms with Gasteiger partial charge in [-0.2, -0.15) is 0 Å². The number of ketones is 1. The van der Waals surface area contributed by atoms with Crippen LogP contribution in [0.2, 0.25) is 0 Å². The molecule has 9 heteroatoms. The van der Waals surface area contributed by atoms with Crippen molar-refractivity contribution in [2.24, 2.45) is 7.05 Å². The molecule has 1 heterocycles. The number of benzene rings is 1. The van der Waals surface area contributed by atoms with Crippen LogP contribution in [0, 0.1) is 13.8 Å². The summed E-state index contributed by atoms with van der Waals surface area (Å²) in [7, 11) is -1.97. The molecule has 28 heavy (non-hydrogen) atoms. The lowest BCUT2D eigenvalue weighted by Gasteiger charge is -2.16. The molecule has 0 radical (unpaired) electrons. The summed E-state index contributed by atoms with van der Waals surface area (Å²) in [5.41, 5.74) is 1.20. The van der Waals surface area contributed by atoms with Crippen molar-refractivity contribution in [3.63, 3.8) is 0 Å². The number of aryl methyl sites for hydroxylation is 2. The highest BCUT2D eigenvalue weighted by molar-refractivity contribution is 7.90. The Hall–Kier alpha value is -2.39. The molecule has 0 aliphatic rings. The molecule has 0 aliphatic heterocycles. The molecule has 0 spiro atoms. The second-order valence-electron chi connectivity index (χ2n) is 6.31. The van der Waals surface area contributed by atoms with Gasteiger partial charge < -0.3 is 10.1 Å². The van der Waals surface area contributed by atoms with Crippen molar-refractivity contribution >= 4 is 21.3 Å². The third kappa shape index (κ3) is 4.71. The van der Waals surface area contributed by atoms with E-state index in [0.29, 0.717) is 36.7 Å². The van der Waals surface area contributed by atoms with E-state index in [9.17, 15) is 18.0 Å². The molecule has 1 aromatic carbocycles. The first-order chi connectivity index (χ1) is 12.6. The molecule has 1 aromatic heterocycles. The molecule has 0 fully saturated rings. The average Bonchev–Trinajstić information content (AvgIpc) is 2.83. The van der Waals surface area contributed by atoms with Gasteiger partial charge in [0, 0.05) is 37.7 Å². The highest BCUT2D eigenvalue weighted by atomic mass is 32.2. The number of aromatic amines is 1. The van der Waals surface area contributed by atoms with E-state index in [2.05, 4.69) is 10.4 Å². The fourth-order valence-corrected chi connectivity index (χ4v) is 3.85. The van der Waals surface area contributed by atoms with Crippen molar-refractivity contribution in [2.45, 2.75) is 33.1 Å². The summed E-state index contributed by atoms with van der Waals surface area (Å²) in [6.45, 7) is 6.52. The summed E-state index contributed by atoms with van der Waals surface area (Å²) < 4.78 is 30.8. The molecule has 0 amide bonds. The number of nitrogens with zero attached hydrogens (tertiary/aromatic N) is 1. The van der Waals surface area contributed by atoms with Crippen LogP contribution >= 0.6 is 0 Å². The van der Waals surface area contributed by atoms with Gasteiger partial charge in [-0.05, 0) is 38.5 Å². The Morgan fingerprint density at radius 2 is 1.93 bits per heavy atom. The second kappa shape index (κ2) is 9.20. The number of ether oxygens (including phenoxy) is 1. The van der Waals surface area contributed by atoms with Gasteiger partial charge in [-0.3, -0.25) is 19.4 Å². The quantitative estimate of drug-likeness (QED) is 0.508. The van der Waals surface area contributed by atoms with Crippen LogP contribution in [-0.4, -0.2) is 50.0 Å². The number of anilines is 1. The third-order valence-corrected chi connectivity index (χ3v) is 5.42. The van der Waals surface area contributed by atoms with E-state index in [0.717, 1.165) is 6.26 Å². The van der Waals surface area contributed by atoms with Crippen molar-refractivity contribution in [1.82, 2.24) is 9.78 Å². The minimum atomic E-state index is -3.50. The summed E-state index contributed by atoms with van der Waals surface area (Å²) >= 11 is 0. The van der Waals surface area contributed by atoms with E-state index < -0.39 is 21.2 Å². The highest BCUT2D eigenvalue weighted by Crippen LogP contribution is 2.29. The summed E-state index contributed by atoms with van der Waals surface area (Å²) in [4.78, 5) is 25.3. The number of carbonyl (C=O) groups excluding carboxylic acids is 1. The molecule has 0 bridgehead atoms. The van der Waals surface area contributed by atoms with E-state index in [-0.39, 0.29) is 23.4 Å². The van der Waals surface area contributed by atoms with Crippen LogP contribution in [0.25, 0.3) is 0 Å². The Morgan fingerprint density at radius 3 is 2.43 bits per heavy atom. The highest BCUT2D eigenvalue weighted by Gasteiger charge is 2.24. The minimum Gasteiger partial charge on any atom is -0.381 e. The van der Waals surface area contributed by atoms with Crippen LogP contribution < -0.4 is 10.9 Å². The number of rotatable bonds is 8. The van der Waals surface area contributed by atoms with E-state index in [1.54, 1.807) is 13.8 Å². The molecule has 0 aliphatic carbocycles. The normalized spacial score (nSPS) is 11.2. The summed E-state index contributed by atoms with van der Waals surface area (Å²) in [5, 5.41) is 5.86. The van der Waals surface area contributed by atoms with Crippen LogP contribution in [-0.2, 0) is 21.6 Å². The fraction of sp³-hybridized carbons (Fsp3) is 0.474. The van der Waals surface area contributed by atoms with Crippen molar-refractivity contribution in [3.05, 3.63) is 44.9 Å². The number of hydrogen-bond donors (Lipinski definition) is 2. The Balaban J connectivity index is 0.00000392. The lowest BCUT2D eigenvalue weighted by molar-refractivity contribution is 0.103. The number of aromatic nitrogens is 2. The van der Waals surface area contributed by atoms with E-state index in [1.165, 1.54) is 23.9 Å². The average molecular weight is 412 g/mol. The number of nitrogens with one attached hydrogen (secondary N) is 2. The number of sulfone groups is 1. The molecule has 2 rings (SSSR count). The minimum absolute atomic E-state index is 0. The number of H-pyrrole nitrogens is 1.